The van der Waals surface area contributed by atoms with E-state index in [9.17, 15) is 18.0 Å². The first-order chi connectivity index (χ1) is 8.82. The van der Waals surface area contributed by atoms with E-state index in [1.807, 2.05) is 0 Å². The third-order valence-electron chi connectivity index (χ3n) is 3.25. The standard InChI is InChI=1S/C11H20N2O5S/c12-10(14)4-7-19(17,18)8-6-13-5-2-1-3-9(13)11(15)16/h9H,1-8H2,(H2,12,14)(H,15,16). The number of piperidine rings is 1. The summed E-state index contributed by atoms with van der Waals surface area (Å²) in [6, 6.07) is -0.597. The van der Waals surface area contributed by atoms with Gasteiger partial charge in [0.1, 0.15) is 6.04 Å². The number of carbonyl (C=O) groups excluding carboxylic acids is 1. The highest BCUT2D eigenvalue weighted by atomic mass is 32.2. The lowest BCUT2D eigenvalue weighted by molar-refractivity contribution is -0.144. The Labute approximate surface area is 112 Å². The molecule has 0 aromatic heterocycles. The number of hydrogen-bond donors (Lipinski definition) is 2. The molecule has 1 heterocycles. The fourth-order valence-electron chi connectivity index (χ4n) is 2.15. The Morgan fingerprint density at radius 3 is 2.53 bits per heavy atom. The average molecular weight is 292 g/mol. The molecule has 0 radical (unpaired) electrons. The third-order valence-corrected chi connectivity index (χ3v) is 4.88. The zero-order chi connectivity index (χ0) is 14.5. The zero-order valence-electron chi connectivity index (χ0n) is 10.7. The predicted molar refractivity (Wildman–Crippen MR) is 69.3 cm³/mol. The van der Waals surface area contributed by atoms with E-state index < -0.39 is 27.8 Å². The van der Waals surface area contributed by atoms with Gasteiger partial charge >= 0.3 is 5.97 Å². The molecule has 7 nitrogen and oxygen atoms in total. The molecule has 1 fully saturated rings. The molecule has 1 unspecified atom stereocenters. The molecule has 1 rings (SSSR count). The lowest BCUT2D eigenvalue weighted by Gasteiger charge is -2.32. The Kier molecular flexibility index (Phi) is 5.74. The SMILES string of the molecule is NC(=O)CCS(=O)(=O)CCN1CCCCC1C(=O)O. The quantitative estimate of drug-likeness (QED) is 0.635. The number of amides is 1. The molecular formula is C11H20N2O5S. The van der Waals surface area contributed by atoms with Gasteiger partial charge in [0, 0.05) is 13.0 Å². The van der Waals surface area contributed by atoms with Crippen molar-refractivity contribution in [3.05, 3.63) is 0 Å². The number of hydrogen-bond acceptors (Lipinski definition) is 5. The van der Waals surface area contributed by atoms with Crippen molar-refractivity contribution in [3.8, 4) is 0 Å². The summed E-state index contributed by atoms with van der Waals surface area (Å²) < 4.78 is 23.3. The number of carboxylic acid groups (broad SMARTS) is 1. The van der Waals surface area contributed by atoms with E-state index in [0.29, 0.717) is 13.0 Å². The van der Waals surface area contributed by atoms with E-state index in [-0.39, 0.29) is 24.5 Å². The second-order valence-corrected chi connectivity index (χ2v) is 7.06. The fourth-order valence-corrected chi connectivity index (χ4v) is 3.38. The Hall–Kier alpha value is -1.15. The number of nitrogens with two attached hydrogens (primary N) is 1. The topological polar surface area (TPSA) is 118 Å². The maximum absolute atomic E-state index is 11.7. The number of carbonyl (C=O) groups is 2. The van der Waals surface area contributed by atoms with Gasteiger partial charge in [-0.15, -0.1) is 0 Å². The molecule has 3 N–H and O–H groups in total. The fraction of sp³-hybridized carbons (Fsp3) is 0.818. The van der Waals surface area contributed by atoms with Crippen molar-refractivity contribution in [2.45, 2.75) is 31.7 Å². The summed E-state index contributed by atoms with van der Waals surface area (Å²) in [5, 5.41) is 9.06. The van der Waals surface area contributed by atoms with Crippen LogP contribution in [0.15, 0.2) is 0 Å². The predicted octanol–water partition coefficient (Wildman–Crippen LogP) is -0.784. The second kappa shape index (κ2) is 6.85. The van der Waals surface area contributed by atoms with Crippen LogP contribution in [0.4, 0.5) is 0 Å². The van der Waals surface area contributed by atoms with Gasteiger partial charge < -0.3 is 10.8 Å². The minimum Gasteiger partial charge on any atom is -0.480 e. The van der Waals surface area contributed by atoms with E-state index in [4.69, 9.17) is 10.8 Å². The van der Waals surface area contributed by atoms with Crippen molar-refractivity contribution < 1.29 is 23.1 Å². The van der Waals surface area contributed by atoms with Crippen LogP contribution in [0.2, 0.25) is 0 Å². The van der Waals surface area contributed by atoms with Crippen LogP contribution in [0.3, 0.4) is 0 Å². The van der Waals surface area contributed by atoms with Crippen molar-refractivity contribution in [1.82, 2.24) is 4.90 Å². The molecule has 0 aromatic rings. The van der Waals surface area contributed by atoms with Gasteiger partial charge in [0.05, 0.1) is 11.5 Å². The monoisotopic (exact) mass is 292 g/mol. The molecule has 0 aromatic carbocycles. The van der Waals surface area contributed by atoms with Crippen molar-refractivity contribution in [1.29, 1.82) is 0 Å². The summed E-state index contributed by atoms with van der Waals surface area (Å²) in [5.74, 6) is -1.96. The molecule has 0 bridgehead atoms. The first kappa shape index (κ1) is 15.9. The van der Waals surface area contributed by atoms with Gasteiger partial charge in [0.25, 0.3) is 0 Å². The summed E-state index contributed by atoms with van der Waals surface area (Å²) in [7, 11) is -3.36. The van der Waals surface area contributed by atoms with Gasteiger partial charge in [-0.05, 0) is 19.4 Å². The number of aliphatic carboxylic acids is 1. The van der Waals surface area contributed by atoms with Crippen LogP contribution in [0.5, 0.6) is 0 Å². The van der Waals surface area contributed by atoms with Crippen molar-refractivity contribution in [2.24, 2.45) is 5.73 Å². The Morgan fingerprint density at radius 2 is 1.95 bits per heavy atom. The van der Waals surface area contributed by atoms with Crippen molar-refractivity contribution in [3.63, 3.8) is 0 Å². The van der Waals surface area contributed by atoms with Crippen molar-refractivity contribution >= 4 is 21.7 Å². The highest BCUT2D eigenvalue weighted by Gasteiger charge is 2.29. The number of nitrogens with zero attached hydrogens (tertiary/aromatic N) is 1. The molecule has 0 spiro atoms. The van der Waals surface area contributed by atoms with Gasteiger partial charge in [-0.25, -0.2) is 8.42 Å². The van der Waals surface area contributed by atoms with Gasteiger partial charge in [-0.3, -0.25) is 14.5 Å². The van der Waals surface area contributed by atoms with Gasteiger partial charge in [-0.1, -0.05) is 6.42 Å². The summed E-state index contributed by atoms with van der Waals surface area (Å²) in [4.78, 5) is 23.3. The number of primary amides is 1. The summed E-state index contributed by atoms with van der Waals surface area (Å²) in [6.45, 7) is 0.792. The molecule has 1 saturated heterocycles. The maximum Gasteiger partial charge on any atom is 0.320 e. The van der Waals surface area contributed by atoms with Crippen molar-refractivity contribution in [2.75, 3.05) is 24.6 Å². The summed E-state index contributed by atoms with van der Waals surface area (Å²) in [6.07, 6.45) is 2.09. The number of carboxylic acids is 1. The number of sulfone groups is 1. The molecule has 1 amide bonds. The van der Waals surface area contributed by atoms with Gasteiger partial charge in [0.15, 0.2) is 9.84 Å². The lowest BCUT2D eigenvalue weighted by Crippen LogP contribution is -2.46. The lowest BCUT2D eigenvalue weighted by atomic mass is 10.0. The smallest absolute Gasteiger partial charge is 0.320 e. The first-order valence-corrected chi connectivity index (χ1v) is 8.09. The van der Waals surface area contributed by atoms with Crippen LogP contribution in [0, 0.1) is 0 Å². The van der Waals surface area contributed by atoms with Gasteiger partial charge in [-0.2, -0.15) is 0 Å². The summed E-state index contributed by atoms with van der Waals surface area (Å²) in [5.41, 5.74) is 4.91. The van der Waals surface area contributed by atoms with Crippen LogP contribution in [0.25, 0.3) is 0 Å². The highest BCUT2D eigenvalue weighted by molar-refractivity contribution is 7.91. The molecule has 0 aliphatic carbocycles. The first-order valence-electron chi connectivity index (χ1n) is 6.27. The van der Waals surface area contributed by atoms with Crippen LogP contribution >= 0.6 is 0 Å². The molecule has 1 atom stereocenters. The highest BCUT2D eigenvalue weighted by Crippen LogP contribution is 2.17. The number of rotatable bonds is 7. The third kappa shape index (κ3) is 5.56. The van der Waals surface area contributed by atoms with Crippen LogP contribution in [0.1, 0.15) is 25.7 Å². The van der Waals surface area contributed by atoms with E-state index in [1.54, 1.807) is 4.90 Å². The molecule has 0 saturated carbocycles. The molecule has 1 aliphatic heterocycles. The Bertz CT molecular complexity index is 434. The number of likely N-dealkylation sites (tertiary alicyclic amines) is 1. The molecule has 110 valence electrons. The Morgan fingerprint density at radius 1 is 1.26 bits per heavy atom. The average Bonchev–Trinajstić information content (AvgIpc) is 2.34. The molecule has 1 aliphatic rings. The van der Waals surface area contributed by atoms with Gasteiger partial charge in [0.2, 0.25) is 5.91 Å². The molecule has 19 heavy (non-hydrogen) atoms. The molecule has 8 heteroatoms. The largest absolute Gasteiger partial charge is 0.480 e. The Balaban J connectivity index is 2.49. The van der Waals surface area contributed by atoms with E-state index in [1.165, 1.54) is 0 Å². The minimum atomic E-state index is -3.36. The van der Waals surface area contributed by atoms with E-state index in [0.717, 1.165) is 12.8 Å². The van der Waals surface area contributed by atoms with E-state index in [2.05, 4.69) is 0 Å². The summed E-state index contributed by atoms with van der Waals surface area (Å²) >= 11 is 0. The molecular weight excluding hydrogens is 272 g/mol. The second-order valence-electron chi connectivity index (χ2n) is 4.75. The minimum absolute atomic E-state index is 0.135. The van der Waals surface area contributed by atoms with E-state index >= 15 is 0 Å². The van der Waals surface area contributed by atoms with Crippen LogP contribution < -0.4 is 5.73 Å². The van der Waals surface area contributed by atoms with Crippen LogP contribution in [-0.2, 0) is 19.4 Å². The van der Waals surface area contributed by atoms with Crippen LogP contribution in [-0.4, -0.2) is 60.9 Å². The normalized spacial score (nSPS) is 21.2. The zero-order valence-corrected chi connectivity index (χ0v) is 11.6. The maximum atomic E-state index is 11.7.